The molecule has 1 heterocycles. The van der Waals surface area contributed by atoms with Gasteiger partial charge in [0, 0.05) is 38.0 Å². The summed E-state index contributed by atoms with van der Waals surface area (Å²) in [5, 5.41) is 22.1. The summed E-state index contributed by atoms with van der Waals surface area (Å²) in [5.74, 6) is -0.762. The molecule has 1 unspecified atom stereocenters. The Balaban J connectivity index is 2.24. The van der Waals surface area contributed by atoms with Crippen LogP contribution in [-0.2, 0) is 12.6 Å². The summed E-state index contributed by atoms with van der Waals surface area (Å²) in [6.07, 6.45) is -3.18. The SMILES string of the molecule is CC(=O)c1ccc(C#N)c(NCCC(O)(c2nccn2C)C(F)(F)F)c1. The number of aliphatic hydroxyl groups is 1. The van der Waals surface area contributed by atoms with Crippen molar-refractivity contribution in [2.75, 3.05) is 11.9 Å². The third kappa shape index (κ3) is 3.70. The van der Waals surface area contributed by atoms with Crippen LogP contribution in [0.4, 0.5) is 18.9 Å². The first-order valence-corrected chi connectivity index (χ1v) is 7.66. The van der Waals surface area contributed by atoms with Crippen molar-refractivity contribution in [2.24, 2.45) is 7.05 Å². The average Bonchev–Trinajstić information content (AvgIpc) is 3.00. The number of aromatic nitrogens is 2. The molecule has 0 amide bonds. The highest BCUT2D eigenvalue weighted by atomic mass is 19.4. The van der Waals surface area contributed by atoms with Crippen molar-refractivity contribution >= 4 is 11.5 Å². The predicted molar refractivity (Wildman–Crippen MR) is 87.4 cm³/mol. The molecule has 1 aromatic carbocycles. The van der Waals surface area contributed by atoms with Crippen LogP contribution in [0.25, 0.3) is 0 Å². The van der Waals surface area contributed by atoms with Crippen molar-refractivity contribution in [3.8, 4) is 6.07 Å². The predicted octanol–water partition coefficient (Wildman–Crippen LogP) is 2.75. The standard InChI is InChI=1S/C17H17F3N4O2/c1-11(25)12-3-4-13(10-21)14(9-12)22-6-5-16(26,17(18,19)20)15-23-7-8-24(15)2/h3-4,7-9,22,26H,5-6H2,1-2H3. The van der Waals surface area contributed by atoms with E-state index in [2.05, 4.69) is 10.3 Å². The quantitative estimate of drug-likeness (QED) is 0.767. The first-order valence-electron chi connectivity index (χ1n) is 7.66. The molecule has 26 heavy (non-hydrogen) atoms. The zero-order chi connectivity index (χ0) is 19.5. The Morgan fingerprint density at radius 3 is 2.62 bits per heavy atom. The van der Waals surface area contributed by atoms with Crippen LogP contribution < -0.4 is 5.32 Å². The van der Waals surface area contributed by atoms with Crippen molar-refractivity contribution in [3.63, 3.8) is 0 Å². The average molecular weight is 366 g/mol. The number of Topliss-reactive ketones (excluding diaryl/α,β-unsaturated/α-hetero) is 1. The second-order valence-electron chi connectivity index (χ2n) is 5.82. The lowest BCUT2D eigenvalue weighted by Gasteiger charge is -2.30. The summed E-state index contributed by atoms with van der Waals surface area (Å²) < 4.78 is 41.5. The molecule has 2 N–H and O–H groups in total. The molecule has 0 saturated carbocycles. The number of rotatable bonds is 6. The number of nitrogens with zero attached hydrogens (tertiary/aromatic N) is 3. The molecule has 0 bridgehead atoms. The molecule has 2 rings (SSSR count). The van der Waals surface area contributed by atoms with E-state index < -0.39 is 24.0 Å². The first kappa shape index (κ1) is 19.5. The lowest BCUT2D eigenvalue weighted by atomic mass is 9.97. The number of carbonyl (C=O) groups excluding carboxylic acids is 1. The van der Waals surface area contributed by atoms with Crippen LogP contribution in [0.2, 0.25) is 0 Å². The Morgan fingerprint density at radius 2 is 2.12 bits per heavy atom. The van der Waals surface area contributed by atoms with Gasteiger partial charge in [-0.1, -0.05) is 0 Å². The molecule has 0 aliphatic rings. The molecule has 0 aliphatic carbocycles. The maximum absolute atomic E-state index is 13.5. The molecule has 138 valence electrons. The van der Waals surface area contributed by atoms with E-state index >= 15 is 0 Å². The Kier molecular flexibility index (Phi) is 5.37. The number of imidazole rings is 1. The maximum Gasteiger partial charge on any atom is 0.424 e. The minimum absolute atomic E-state index is 0.183. The van der Waals surface area contributed by atoms with Gasteiger partial charge in [-0.25, -0.2) is 4.98 Å². The van der Waals surface area contributed by atoms with Crippen LogP contribution in [0.3, 0.4) is 0 Å². The number of carbonyl (C=O) groups is 1. The molecule has 0 spiro atoms. The van der Waals surface area contributed by atoms with Gasteiger partial charge < -0.3 is 15.0 Å². The monoisotopic (exact) mass is 366 g/mol. The molecule has 0 saturated heterocycles. The number of hydrogen-bond donors (Lipinski definition) is 2. The summed E-state index contributed by atoms with van der Waals surface area (Å²) in [6, 6.07) is 6.17. The molecule has 1 aromatic heterocycles. The van der Waals surface area contributed by atoms with Gasteiger partial charge in [-0.15, -0.1) is 0 Å². The number of halogens is 3. The van der Waals surface area contributed by atoms with Gasteiger partial charge in [0.2, 0.25) is 5.60 Å². The van der Waals surface area contributed by atoms with E-state index in [1.54, 1.807) is 0 Å². The number of anilines is 1. The summed E-state index contributed by atoms with van der Waals surface area (Å²) >= 11 is 0. The van der Waals surface area contributed by atoms with Crippen molar-refractivity contribution in [1.82, 2.24) is 9.55 Å². The van der Waals surface area contributed by atoms with E-state index in [9.17, 15) is 23.1 Å². The van der Waals surface area contributed by atoms with Crippen LogP contribution in [0.5, 0.6) is 0 Å². The zero-order valence-electron chi connectivity index (χ0n) is 14.1. The van der Waals surface area contributed by atoms with Gasteiger partial charge in [0.15, 0.2) is 5.78 Å². The fraction of sp³-hybridized carbons (Fsp3) is 0.353. The second-order valence-corrected chi connectivity index (χ2v) is 5.82. The second kappa shape index (κ2) is 7.17. The van der Waals surface area contributed by atoms with Gasteiger partial charge in [-0.3, -0.25) is 4.79 Å². The zero-order valence-corrected chi connectivity index (χ0v) is 14.1. The number of benzene rings is 1. The molecule has 6 nitrogen and oxygen atoms in total. The maximum atomic E-state index is 13.5. The van der Waals surface area contributed by atoms with Gasteiger partial charge in [-0.05, 0) is 25.1 Å². The minimum atomic E-state index is -4.94. The number of alkyl halides is 3. The van der Waals surface area contributed by atoms with Crippen molar-refractivity contribution < 1.29 is 23.1 Å². The number of aryl methyl sites for hydroxylation is 1. The highest BCUT2D eigenvalue weighted by Crippen LogP contribution is 2.40. The third-order valence-corrected chi connectivity index (χ3v) is 4.01. The number of nitriles is 1. The van der Waals surface area contributed by atoms with Crippen molar-refractivity contribution in [3.05, 3.63) is 47.5 Å². The number of nitrogens with one attached hydrogen (secondary N) is 1. The molecule has 0 aliphatic heterocycles. The molecule has 2 aromatic rings. The van der Waals surface area contributed by atoms with Crippen LogP contribution in [0.1, 0.15) is 35.1 Å². The van der Waals surface area contributed by atoms with E-state index in [4.69, 9.17) is 5.26 Å². The molecular formula is C17H17F3N4O2. The Morgan fingerprint density at radius 1 is 1.42 bits per heavy atom. The van der Waals surface area contributed by atoms with E-state index in [0.717, 1.165) is 4.57 Å². The minimum Gasteiger partial charge on any atom is -0.384 e. The van der Waals surface area contributed by atoms with E-state index in [1.165, 1.54) is 44.6 Å². The first-order chi connectivity index (χ1) is 12.1. The largest absolute Gasteiger partial charge is 0.424 e. The van der Waals surface area contributed by atoms with Gasteiger partial charge in [0.05, 0.1) is 11.3 Å². The van der Waals surface area contributed by atoms with Gasteiger partial charge in [0.25, 0.3) is 0 Å². The van der Waals surface area contributed by atoms with E-state index in [0.29, 0.717) is 5.56 Å². The van der Waals surface area contributed by atoms with Crippen LogP contribution in [0, 0.1) is 11.3 Å². The highest BCUT2D eigenvalue weighted by Gasteiger charge is 2.57. The highest BCUT2D eigenvalue weighted by molar-refractivity contribution is 5.95. The number of ketones is 1. The Labute approximate surface area is 147 Å². The Hall–Kier alpha value is -2.86. The fourth-order valence-electron chi connectivity index (χ4n) is 2.53. The Bertz CT molecular complexity index is 854. The molecule has 1 atom stereocenters. The van der Waals surface area contributed by atoms with Crippen LogP contribution in [0.15, 0.2) is 30.6 Å². The normalized spacial score (nSPS) is 13.7. The fourth-order valence-corrected chi connectivity index (χ4v) is 2.53. The van der Waals surface area contributed by atoms with Gasteiger partial charge in [0.1, 0.15) is 11.9 Å². The summed E-state index contributed by atoms with van der Waals surface area (Å²) in [6.45, 7) is 1.05. The van der Waals surface area contributed by atoms with E-state index in [-0.39, 0.29) is 23.6 Å². The summed E-state index contributed by atoms with van der Waals surface area (Å²) in [7, 11) is 1.36. The molecule has 0 fully saturated rings. The van der Waals surface area contributed by atoms with Crippen LogP contribution >= 0.6 is 0 Å². The summed E-state index contributed by atoms with van der Waals surface area (Å²) in [4.78, 5) is 15.1. The van der Waals surface area contributed by atoms with Crippen molar-refractivity contribution in [1.29, 1.82) is 5.26 Å². The third-order valence-electron chi connectivity index (χ3n) is 4.01. The van der Waals surface area contributed by atoms with E-state index in [1.807, 2.05) is 6.07 Å². The summed E-state index contributed by atoms with van der Waals surface area (Å²) in [5.41, 5.74) is -2.42. The lowest BCUT2D eigenvalue weighted by Crippen LogP contribution is -2.45. The lowest BCUT2D eigenvalue weighted by molar-refractivity contribution is -0.271. The van der Waals surface area contributed by atoms with Gasteiger partial charge >= 0.3 is 6.18 Å². The molecule has 0 radical (unpaired) electrons. The molecule has 9 heteroatoms. The smallest absolute Gasteiger partial charge is 0.384 e. The van der Waals surface area contributed by atoms with Crippen molar-refractivity contribution in [2.45, 2.75) is 25.1 Å². The van der Waals surface area contributed by atoms with Crippen LogP contribution in [-0.4, -0.2) is 33.2 Å². The topological polar surface area (TPSA) is 90.9 Å². The molecular weight excluding hydrogens is 349 g/mol. The number of hydrogen-bond acceptors (Lipinski definition) is 5. The van der Waals surface area contributed by atoms with Gasteiger partial charge in [-0.2, -0.15) is 18.4 Å².